The summed E-state index contributed by atoms with van der Waals surface area (Å²) in [6, 6.07) is 5.51. The number of halogens is 2. The quantitative estimate of drug-likeness (QED) is 0.796. The Hall–Kier alpha value is -1.98. The molecule has 17 heavy (non-hydrogen) atoms. The van der Waals surface area contributed by atoms with Crippen LogP contribution in [0.25, 0.3) is 0 Å². The maximum absolute atomic E-state index is 11.8. The van der Waals surface area contributed by atoms with E-state index in [-0.39, 0.29) is 5.78 Å². The third-order valence-corrected chi connectivity index (χ3v) is 1.94. The number of nitrogens with one attached hydrogen (secondary N) is 2. The zero-order chi connectivity index (χ0) is 12.8. The van der Waals surface area contributed by atoms with Gasteiger partial charge in [0.05, 0.1) is 6.54 Å². The molecule has 2 N–H and O–H groups in total. The van der Waals surface area contributed by atoms with Gasteiger partial charge in [-0.25, -0.2) is 13.6 Å². The van der Waals surface area contributed by atoms with E-state index in [0.717, 1.165) is 0 Å². The minimum absolute atomic E-state index is 0.137. The Kier molecular flexibility index (Phi) is 4.56. The molecule has 6 heteroatoms. The van der Waals surface area contributed by atoms with E-state index in [4.69, 9.17) is 0 Å². The van der Waals surface area contributed by atoms with Crippen LogP contribution in [0.15, 0.2) is 24.3 Å². The van der Waals surface area contributed by atoms with E-state index in [2.05, 4.69) is 5.32 Å². The number of anilines is 1. The van der Waals surface area contributed by atoms with Crippen molar-refractivity contribution < 1.29 is 18.4 Å². The van der Waals surface area contributed by atoms with Gasteiger partial charge >= 0.3 is 6.03 Å². The molecule has 0 atom stereocenters. The largest absolute Gasteiger partial charge is 0.332 e. The summed E-state index contributed by atoms with van der Waals surface area (Å²) in [6.07, 6.45) is -2.59. The molecule has 0 aliphatic rings. The molecular formula is C11H12F2N2O2. The second kappa shape index (κ2) is 5.93. The summed E-state index contributed by atoms with van der Waals surface area (Å²) in [5, 5.41) is 4.35. The molecule has 0 heterocycles. The van der Waals surface area contributed by atoms with Crippen molar-refractivity contribution in [1.82, 2.24) is 5.32 Å². The maximum atomic E-state index is 11.8. The van der Waals surface area contributed by atoms with Crippen LogP contribution in [0.3, 0.4) is 0 Å². The van der Waals surface area contributed by atoms with E-state index in [9.17, 15) is 18.4 Å². The lowest BCUT2D eigenvalue weighted by Gasteiger charge is -2.07. The first-order valence-electron chi connectivity index (χ1n) is 4.93. The fourth-order valence-electron chi connectivity index (χ4n) is 1.16. The topological polar surface area (TPSA) is 58.2 Å². The van der Waals surface area contributed by atoms with Crippen molar-refractivity contribution in [1.29, 1.82) is 0 Å². The van der Waals surface area contributed by atoms with Gasteiger partial charge in [0.2, 0.25) is 0 Å². The van der Waals surface area contributed by atoms with E-state index < -0.39 is 19.0 Å². The first-order valence-corrected chi connectivity index (χ1v) is 4.93. The Balaban J connectivity index is 2.59. The van der Waals surface area contributed by atoms with E-state index in [1.54, 1.807) is 18.2 Å². The molecule has 0 bridgehead atoms. The van der Waals surface area contributed by atoms with Crippen molar-refractivity contribution in [2.45, 2.75) is 13.3 Å². The normalized spacial score (nSPS) is 10.1. The number of ketones is 1. The molecule has 92 valence electrons. The molecule has 0 saturated carbocycles. The van der Waals surface area contributed by atoms with Gasteiger partial charge in [0, 0.05) is 11.3 Å². The summed E-state index contributed by atoms with van der Waals surface area (Å²) in [4.78, 5) is 22.2. The summed E-state index contributed by atoms with van der Waals surface area (Å²) in [6.45, 7) is 0.689. The van der Waals surface area contributed by atoms with Gasteiger partial charge in [-0.05, 0) is 19.1 Å². The van der Waals surface area contributed by atoms with Crippen LogP contribution >= 0.6 is 0 Å². The van der Waals surface area contributed by atoms with Crippen molar-refractivity contribution in [2.75, 3.05) is 11.9 Å². The zero-order valence-corrected chi connectivity index (χ0v) is 9.17. The summed E-state index contributed by atoms with van der Waals surface area (Å²) in [5.41, 5.74) is 0.820. The Bertz CT molecular complexity index is 422. The molecule has 0 radical (unpaired) electrons. The molecule has 0 aliphatic carbocycles. The van der Waals surface area contributed by atoms with Crippen LogP contribution in [0, 0.1) is 0 Å². The molecule has 1 aromatic carbocycles. The van der Waals surface area contributed by atoms with E-state index in [1.165, 1.54) is 13.0 Å². The molecule has 0 saturated heterocycles. The zero-order valence-electron chi connectivity index (χ0n) is 9.17. The van der Waals surface area contributed by atoms with Crippen molar-refractivity contribution >= 4 is 17.5 Å². The van der Waals surface area contributed by atoms with E-state index in [1.807, 2.05) is 5.32 Å². The Labute approximate surface area is 97.0 Å². The first kappa shape index (κ1) is 13.1. The summed E-state index contributed by atoms with van der Waals surface area (Å²) >= 11 is 0. The van der Waals surface area contributed by atoms with Crippen LogP contribution in [-0.4, -0.2) is 24.8 Å². The molecule has 0 aliphatic heterocycles. The number of hydrogen-bond acceptors (Lipinski definition) is 2. The molecule has 0 unspecified atom stereocenters. The van der Waals surface area contributed by atoms with Gasteiger partial charge in [-0.2, -0.15) is 0 Å². The second-order valence-corrected chi connectivity index (χ2v) is 3.36. The number of amides is 2. The Morgan fingerprint density at radius 2 is 2.06 bits per heavy atom. The van der Waals surface area contributed by atoms with Crippen LogP contribution in [-0.2, 0) is 0 Å². The first-order chi connectivity index (χ1) is 7.99. The molecule has 2 amide bonds. The number of alkyl halides is 2. The lowest BCUT2D eigenvalue weighted by molar-refractivity contribution is 0.101. The SMILES string of the molecule is CC(=O)c1cccc(NC(=O)NCC(F)F)c1. The third kappa shape index (κ3) is 4.58. The lowest BCUT2D eigenvalue weighted by Crippen LogP contribution is -2.32. The highest BCUT2D eigenvalue weighted by Crippen LogP contribution is 2.10. The van der Waals surface area contributed by atoms with Gasteiger partial charge in [0.25, 0.3) is 6.43 Å². The van der Waals surface area contributed by atoms with Crippen molar-refractivity contribution in [3.63, 3.8) is 0 Å². The summed E-state index contributed by atoms with van der Waals surface area (Å²) < 4.78 is 23.6. The Morgan fingerprint density at radius 3 is 2.65 bits per heavy atom. The number of urea groups is 1. The lowest BCUT2D eigenvalue weighted by atomic mass is 10.1. The smallest absolute Gasteiger partial charge is 0.319 e. The van der Waals surface area contributed by atoms with E-state index in [0.29, 0.717) is 11.3 Å². The summed E-state index contributed by atoms with van der Waals surface area (Å²) in [7, 11) is 0. The number of carbonyl (C=O) groups is 2. The number of rotatable bonds is 4. The van der Waals surface area contributed by atoms with Crippen molar-refractivity contribution in [3.8, 4) is 0 Å². The number of Topliss-reactive ketones (excluding diaryl/α,β-unsaturated/α-hetero) is 1. The van der Waals surface area contributed by atoms with Crippen LogP contribution in [0.1, 0.15) is 17.3 Å². The highest BCUT2D eigenvalue weighted by Gasteiger charge is 2.07. The van der Waals surface area contributed by atoms with Crippen LogP contribution in [0.4, 0.5) is 19.3 Å². The molecule has 0 aromatic heterocycles. The van der Waals surface area contributed by atoms with Gasteiger partial charge in [-0.3, -0.25) is 4.79 Å². The van der Waals surface area contributed by atoms with Crippen LogP contribution < -0.4 is 10.6 Å². The number of benzene rings is 1. The van der Waals surface area contributed by atoms with Crippen LogP contribution in [0.5, 0.6) is 0 Å². The molecule has 0 fully saturated rings. The van der Waals surface area contributed by atoms with Crippen LogP contribution in [0.2, 0.25) is 0 Å². The van der Waals surface area contributed by atoms with Crippen molar-refractivity contribution in [3.05, 3.63) is 29.8 Å². The minimum Gasteiger partial charge on any atom is -0.332 e. The number of hydrogen-bond donors (Lipinski definition) is 2. The average molecular weight is 242 g/mol. The monoisotopic (exact) mass is 242 g/mol. The predicted octanol–water partition coefficient (Wildman–Crippen LogP) is 2.28. The fourth-order valence-corrected chi connectivity index (χ4v) is 1.16. The molecule has 1 rings (SSSR count). The standard InChI is InChI=1S/C11H12F2N2O2/c1-7(16)8-3-2-4-9(5-8)15-11(17)14-6-10(12)13/h2-5,10H,6H2,1H3,(H2,14,15,17). The van der Waals surface area contributed by atoms with Gasteiger partial charge < -0.3 is 10.6 Å². The van der Waals surface area contributed by atoms with Crippen molar-refractivity contribution in [2.24, 2.45) is 0 Å². The third-order valence-electron chi connectivity index (χ3n) is 1.94. The Morgan fingerprint density at radius 1 is 1.35 bits per heavy atom. The minimum atomic E-state index is -2.59. The molecule has 1 aromatic rings. The second-order valence-electron chi connectivity index (χ2n) is 3.36. The molecular weight excluding hydrogens is 230 g/mol. The summed E-state index contributed by atoms with van der Waals surface area (Å²) in [5.74, 6) is -0.137. The fraction of sp³-hybridized carbons (Fsp3) is 0.273. The van der Waals surface area contributed by atoms with Gasteiger partial charge in [0.15, 0.2) is 5.78 Å². The van der Waals surface area contributed by atoms with E-state index >= 15 is 0 Å². The highest BCUT2D eigenvalue weighted by atomic mass is 19.3. The molecule has 4 nitrogen and oxygen atoms in total. The van der Waals surface area contributed by atoms with Gasteiger partial charge in [0.1, 0.15) is 0 Å². The van der Waals surface area contributed by atoms with Gasteiger partial charge in [-0.15, -0.1) is 0 Å². The maximum Gasteiger partial charge on any atom is 0.319 e. The highest BCUT2D eigenvalue weighted by molar-refractivity contribution is 5.96. The number of carbonyl (C=O) groups excluding carboxylic acids is 2. The predicted molar refractivity (Wildman–Crippen MR) is 59.5 cm³/mol. The molecule has 0 spiro atoms. The average Bonchev–Trinajstić information content (AvgIpc) is 2.26. The van der Waals surface area contributed by atoms with Gasteiger partial charge in [-0.1, -0.05) is 12.1 Å².